The van der Waals surface area contributed by atoms with E-state index in [1.807, 2.05) is 13.0 Å². The summed E-state index contributed by atoms with van der Waals surface area (Å²) in [5.41, 5.74) is 1.55. The second-order valence-corrected chi connectivity index (χ2v) is 5.98. The topological polar surface area (TPSA) is 97.4 Å². The van der Waals surface area contributed by atoms with Gasteiger partial charge in [-0.05, 0) is 19.1 Å². The fourth-order valence-electron chi connectivity index (χ4n) is 1.89. The molecule has 24 heavy (non-hydrogen) atoms. The van der Waals surface area contributed by atoms with Crippen molar-refractivity contribution in [1.29, 1.82) is 0 Å². The number of nitrogens with one attached hydrogen (secondary N) is 2. The van der Waals surface area contributed by atoms with Crippen LogP contribution in [-0.2, 0) is 9.53 Å². The van der Waals surface area contributed by atoms with E-state index in [4.69, 9.17) is 0 Å². The van der Waals surface area contributed by atoms with E-state index in [9.17, 15) is 14.4 Å². The number of amides is 2. The number of hydrogen-bond donors (Lipinski definition) is 2. The zero-order chi connectivity index (χ0) is 17.5. The predicted molar refractivity (Wildman–Crippen MR) is 90.2 cm³/mol. The molecule has 1 aromatic heterocycles. The standard InChI is InChI=1S/C16H17N3O4S/c1-10-4-3-5-11(8-10)14(21)17-7-6-13(20)19-16-18-9-12(24-16)15(22)23-2/h3-5,8-9H,6-7H2,1-2H3,(H,17,21)(H,18,19,20). The van der Waals surface area contributed by atoms with Gasteiger partial charge in [-0.3, -0.25) is 9.59 Å². The Labute approximate surface area is 143 Å². The zero-order valence-corrected chi connectivity index (χ0v) is 14.1. The summed E-state index contributed by atoms with van der Waals surface area (Å²) >= 11 is 1.03. The quantitative estimate of drug-likeness (QED) is 0.779. The molecule has 0 atom stereocenters. The Balaban J connectivity index is 1.78. The lowest BCUT2D eigenvalue weighted by molar-refractivity contribution is -0.116. The van der Waals surface area contributed by atoms with Gasteiger partial charge in [-0.15, -0.1) is 0 Å². The number of rotatable bonds is 6. The fourth-order valence-corrected chi connectivity index (χ4v) is 2.64. The Kier molecular flexibility index (Phi) is 6.02. The number of carbonyl (C=O) groups is 3. The van der Waals surface area contributed by atoms with Crippen molar-refractivity contribution in [3.63, 3.8) is 0 Å². The van der Waals surface area contributed by atoms with Gasteiger partial charge in [0.25, 0.3) is 5.91 Å². The highest BCUT2D eigenvalue weighted by atomic mass is 32.1. The third-order valence-corrected chi connectivity index (χ3v) is 3.95. The highest BCUT2D eigenvalue weighted by Gasteiger charge is 2.12. The molecule has 0 bridgehead atoms. The minimum Gasteiger partial charge on any atom is -0.465 e. The second-order valence-electron chi connectivity index (χ2n) is 4.94. The smallest absolute Gasteiger partial charge is 0.349 e. The van der Waals surface area contributed by atoms with Crippen molar-refractivity contribution in [2.45, 2.75) is 13.3 Å². The Hall–Kier alpha value is -2.74. The van der Waals surface area contributed by atoms with E-state index in [1.165, 1.54) is 13.3 Å². The third kappa shape index (κ3) is 4.88. The molecule has 2 amide bonds. The monoisotopic (exact) mass is 347 g/mol. The molecule has 0 aliphatic rings. The summed E-state index contributed by atoms with van der Waals surface area (Å²) in [7, 11) is 1.28. The van der Waals surface area contributed by atoms with Crippen LogP contribution in [-0.4, -0.2) is 36.4 Å². The van der Waals surface area contributed by atoms with E-state index in [0.29, 0.717) is 15.6 Å². The van der Waals surface area contributed by atoms with Crippen LogP contribution in [0.4, 0.5) is 5.13 Å². The Morgan fingerprint density at radius 3 is 2.79 bits per heavy atom. The maximum atomic E-state index is 11.9. The van der Waals surface area contributed by atoms with Gasteiger partial charge in [-0.1, -0.05) is 29.0 Å². The molecule has 0 aliphatic carbocycles. The summed E-state index contributed by atoms with van der Waals surface area (Å²) in [4.78, 5) is 39.3. The molecule has 1 aromatic carbocycles. The van der Waals surface area contributed by atoms with Gasteiger partial charge in [-0.25, -0.2) is 9.78 Å². The molecule has 0 spiro atoms. The van der Waals surface area contributed by atoms with Gasteiger partial charge < -0.3 is 15.4 Å². The number of ether oxygens (including phenoxy) is 1. The number of methoxy groups -OCH3 is 1. The molecule has 126 valence electrons. The van der Waals surface area contributed by atoms with E-state index in [0.717, 1.165) is 16.9 Å². The van der Waals surface area contributed by atoms with Gasteiger partial charge in [0.1, 0.15) is 4.88 Å². The molecule has 2 aromatic rings. The molecule has 8 heteroatoms. The predicted octanol–water partition coefficient (Wildman–Crippen LogP) is 2.00. The van der Waals surface area contributed by atoms with Gasteiger partial charge in [0.15, 0.2) is 5.13 Å². The average Bonchev–Trinajstić information content (AvgIpc) is 3.02. The summed E-state index contributed by atoms with van der Waals surface area (Å²) < 4.78 is 4.57. The van der Waals surface area contributed by atoms with Crippen molar-refractivity contribution in [2.75, 3.05) is 19.0 Å². The van der Waals surface area contributed by atoms with Crippen molar-refractivity contribution < 1.29 is 19.1 Å². The fraction of sp³-hybridized carbons (Fsp3) is 0.250. The van der Waals surface area contributed by atoms with Crippen LogP contribution in [0.25, 0.3) is 0 Å². The first kappa shape index (κ1) is 17.6. The Bertz CT molecular complexity index is 757. The summed E-state index contributed by atoms with van der Waals surface area (Å²) in [6, 6.07) is 7.20. The van der Waals surface area contributed by atoms with Gasteiger partial charge in [0.05, 0.1) is 13.3 Å². The van der Waals surface area contributed by atoms with E-state index >= 15 is 0 Å². The van der Waals surface area contributed by atoms with E-state index in [2.05, 4.69) is 20.4 Å². The zero-order valence-electron chi connectivity index (χ0n) is 13.3. The molecule has 0 aliphatic heterocycles. The normalized spacial score (nSPS) is 10.1. The number of aromatic nitrogens is 1. The number of aryl methyl sites for hydroxylation is 1. The van der Waals surface area contributed by atoms with Crippen LogP contribution in [0.3, 0.4) is 0 Å². The number of esters is 1. The average molecular weight is 347 g/mol. The summed E-state index contributed by atoms with van der Waals surface area (Å²) in [5.74, 6) is -1.03. The molecular weight excluding hydrogens is 330 g/mol. The number of hydrogen-bond acceptors (Lipinski definition) is 6. The lowest BCUT2D eigenvalue weighted by atomic mass is 10.1. The largest absolute Gasteiger partial charge is 0.465 e. The van der Waals surface area contributed by atoms with Crippen LogP contribution in [0.5, 0.6) is 0 Å². The van der Waals surface area contributed by atoms with Crippen molar-refractivity contribution >= 4 is 34.3 Å². The van der Waals surface area contributed by atoms with Gasteiger partial charge in [0.2, 0.25) is 5.91 Å². The first-order valence-electron chi connectivity index (χ1n) is 7.18. The maximum absolute atomic E-state index is 11.9. The van der Waals surface area contributed by atoms with Gasteiger partial charge >= 0.3 is 5.97 Å². The van der Waals surface area contributed by atoms with Crippen LogP contribution >= 0.6 is 11.3 Å². The van der Waals surface area contributed by atoms with E-state index in [-0.39, 0.29) is 24.8 Å². The maximum Gasteiger partial charge on any atom is 0.349 e. The van der Waals surface area contributed by atoms with Crippen LogP contribution in [0.2, 0.25) is 0 Å². The molecule has 0 fully saturated rings. The minimum absolute atomic E-state index is 0.102. The van der Waals surface area contributed by atoms with Crippen molar-refractivity contribution in [1.82, 2.24) is 10.3 Å². The number of carbonyl (C=O) groups excluding carboxylic acids is 3. The van der Waals surface area contributed by atoms with Gasteiger partial charge in [-0.2, -0.15) is 0 Å². The van der Waals surface area contributed by atoms with Gasteiger partial charge in [0, 0.05) is 18.5 Å². The first-order chi connectivity index (χ1) is 11.5. The SMILES string of the molecule is COC(=O)c1cnc(NC(=O)CCNC(=O)c2cccc(C)c2)s1. The summed E-state index contributed by atoms with van der Waals surface area (Å²) in [6.07, 6.45) is 1.44. The Morgan fingerprint density at radius 2 is 2.08 bits per heavy atom. The molecule has 2 rings (SSSR count). The molecule has 2 N–H and O–H groups in total. The third-order valence-electron chi connectivity index (χ3n) is 3.06. The number of anilines is 1. The number of benzene rings is 1. The molecule has 1 heterocycles. The number of nitrogens with zero attached hydrogens (tertiary/aromatic N) is 1. The van der Waals surface area contributed by atoms with Crippen LogP contribution in [0.1, 0.15) is 32.0 Å². The summed E-state index contributed by atoms with van der Waals surface area (Å²) in [6.45, 7) is 2.11. The van der Waals surface area contributed by atoms with Crippen LogP contribution < -0.4 is 10.6 Å². The van der Waals surface area contributed by atoms with Crippen LogP contribution in [0, 0.1) is 6.92 Å². The molecule has 0 saturated heterocycles. The highest BCUT2D eigenvalue weighted by molar-refractivity contribution is 7.17. The van der Waals surface area contributed by atoms with E-state index in [1.54, 1.807) is 18.2 Å². The Morgan fingerprint density at radius 1 is 1.29 bits per heavy atom. The molecule has 0 unspecified atom stereocenters. The number of thiazole rings is 1. The first-order valence-corrected chi connectivity index (χ1v) is 8.00. The molecule has 0 radical (unpaired) electrons. The molecular formula is C16H17N3O4S. The van der Waals surface area contributed by atoms with Crippen molar-refractivity contribution in [3.05, 3.63) is 46.5 Å². The lowest BCUT2D eigenvalue weighted by Crippen LogP contribution is -2.27. The van der Waals surface area contributed by atoms with Crippen LogP contribution in [0.15, 0.2) is 30.5 Å². The summed E-state index contributed by atoms with van der Waals surface area (Å²) in [5, 5.41) is 5.57. The second kappa shape index (κ2) is 8.21. The lowest BCUT2D eigenvalue weighted by Gasteiger charge is -2.05. The minimum atomic E-state index is -0.501. The highest BCUT2D eigenvalue weighted by Crippen LogP contribution is 2.18. The van der Waals surface area contributed by atoms with E-state index < -0.39 is 5.97 Å². The van der Waals surface area contributed by atoms with Crippen molar-refractivity contribution in [2.24, 2.45) is 0 Å². The molecule has 0 saturated carbocycles. The molecule has 7 nitrogen and oxygen atoms in total. The van der Waals surface area contributed by atoms with Crippen molar-refractivity contribution in [3.8, 4) is 0 Å².